The number of rotatable bonds is 4. The molecule has 2 aromatic rings. The lowest BCUT2D eigenvalue weighted by atomic mass is 10.1. The first kappa shape index (κ1) is 14.9. The molecule has 2 N–H and O–H groups in total. The van der Waals surface area contributed by atoms with E-state index in [0.29, 0.717) is 17.0 Å². The van der Waals surface area contributed by atoms with Gasteiger partial charge in [0.1, 0.15) is 12.4 Å². The van der Waals surface area contributed by atoms with Gasteiger partial charge in [0.2, 0.25) is 0 Å². The predicted molar refractivity (Wildman–Crippen MR) is 82.4 cm³/mol. The molecular weight excluding hydrogens is 266 g/mol. The van der Waals surface area contributed by atoms with Crippen molar-refractivity contribution in [2.45, 2.75) is 20.5 Å². The van der Waals surface area contributed by atoms with Crippen molar-refractivity contribution in [3.63, 3.8) is 0 Å². The maximum Gasteiger partial charge on any atom is 0.338 e. The predicted octanol–water partition coefficient (Wildman–Crippen LogP) is 3.25. The van der Waals surface area contributed by atoms with Gasteiger partial charge in [-0.05, 0) is 37.1 Å². The van der Waals surface area contributed by atoms with Crippen LogP contribution < -0.4 is 10.5 Å². The van der Waals surface area contributed by atoms with Gasteiger partial charge >= 0.3 is 5.97 Å². The number of anilines is 1. The SMILES string of the molecule is COc1cc(N)cc(C(=O)OCc2cc(C)ccc2C)c1. The summed E-state index contributed by atoms with van der Waals surface area (Å²) in [5.74, 6) is 0.121. The van der Waals surface area contributed by atoms with Gasteiger partial charge in [-0.15, -0.1) is 0 Å². The lowest BCUT2D eigenvalue weighted by Gasteiger charge is -2.10. The van der Waals surface area contributed by atoms with Crippen LogP contribution in [0.1, 0.15) is 27.0 Å². The highest BCUT2D eigenvalue weighted by atomic mass is 16.5. The molecule has 0 saturated carbocycles. The van der Waals surface area contributed by atoms with Crippen LogP contribution in [0.25, 0.3) is 0 Å². The fourth-order valence-corrected chi connectivity index (χ4v) is 2.04. The monoisotopic (exact) mass is 285 g/mol. The molecule has 0 aliphatic carbocycles. The van der Waals surface area contributed by atoms with Crippen LogP contribution >= 0.6 is 0 Å². The van der Waals surface area contributed by atoms with Crippen molar-refractivity contribution in [3.8, 4) is 5.75 Å². The zero-order valence-electron chi connectivity index (χ0n) is 12.5. The second-order valence-electron chi connectivity index (χ2n) is 5.00. The summed E-state index contributed by atoms with van der Waals surface area (Å²) in [7, 11) is 1.53. The van der Waals surface area contributed by atoms with E-state index in [4.69, 9.17) is 15.2 Å². The Morgan fingerprint density at radius 2 is 1.90 bits per heavy atom. The van der Waals surface area contributed by atoms with E-state index >= 15 is 0 Å². The number of carbonyl (C=O) groups is 1. The maximum atomic E-state index is 12.1. The van der Waals surface area contributed by atoms with Crippen molar-refractivity contribution in [3.05, 3.63) is 58.7 Å². The zero-order valence-corrected chi connectivity index (χ0v) is 12.5. The number of methoxy groups -OCH3 is 1. The molecular formula is C17H19NO3. The van der Waals surface area contributed by atoms with Crippen LogP contribution in [-0.4, -0.2) is 13.1 Å². The van der Waals surface area contributed by atoms with E-state index in [1.165, 1.54) is 7.11 Å². The third kappa shape index (κ3) is 3.75. The second-order valence-corrected chi connectivity index (χ2v) is 5.00. The van der Waals surface area contributed by atoms with Gasteiger partial charge in [-0.2, -0.15) is 0 Å². The summed E-state index contributed by atoms with van der Waals surface area (Å²) in [5.41, 5.74) is 9.82. The summed E-state index contributed by atoms with van der Waals surface area (Å²) in [6, 6.07) is 10.9. The van der Waals surface area contributed by atoms with E-state index in [2.05, 4.69) is 0 Å². The van der Waals surface area contributed by atoms with Gasteiger partial charge in [0.25, 0.3) is 0 Å². The third-order valence-corrected chi connectivity index (χ3v) is 3.26. The molecule has 0 radical (unpaired) electrons. The molecule has 0 unspecified atom stereocenters. The van der Waals surface area contributed by atoms with E-state index < -0.39 is 5.97 Å². The fourth-order valence-electron chi connectivity index (χ4n) is 2.04. The lowest BCUT2D eigenvalue weighted by Crippen LogP contribution is -2.07. The molecule has 0 amide bonds. The number of benzene rings is 2. The fraction of sp³-hybridized carbons (Fsp3) is 0.235. The number of aryl methyl sites for hydroxylation is 2. The number of ether oxygens (including phenoxy) is 2. The molecule has 0 saturated heterocycles. The second kappa shape index (κ2) is 6.31. The Kier molecular flexibility index (Phi) is 4.48. The standard InChI is InChI=1S/C17H19NO3/c1-11-4-5-12(2)14(6-11)10-21-17(19)13-7-15(18)9-16(8-13)20-3/h4-9H,10,18H2,1-3H3. The molecule has 0 heterocycles. The van der Waals surface area contributed by atoms with Gasteiger partial charge in [0.05, 0.1) is 12.7 Å². The Bertz CT molecular complexity index is 665. The molecule has 0 bridgehead atoms. The third-order valence-electron chi connectivity index (χ3n) is 3.26. The van der Waals surface area contributed by atoms with Crippen molar-refractivity contribution in [2.24, 2.45) is 0 Å². The molecule has 2 aromatic carbocycles. The van der Waals surface area contributed by atoms with Crippen molar-refractivity contribution in [1.29, 1.82) is 0 Å². The Hall–Kier alpha value is -2.49. The first-order chi connectivity index (χ1) is 9.99. The van der Waals surface area contributed by atoms with E-state index in [9.17, 15) is 4.79 Å². The Morgan fingerprint density at radius 3 is 2.62 bits per heavy atom. The van der Waals surface area contributed by atoms with Crippen LogP contribution in [0.15, 0.2) is 36.4 Å². The number of carbonyl (C=O) groups excluding carboxylic acids is 1. The van der Waals surface area contributed by atoms with Gasteiger partial charge in [0.15, 0.2) is 0 Å². The summed E-state index contributed by atoms with van der Waals surface area (Å²) >= 11 is 0. The minimum absolute atomic E-state index is 0.240. The highest BCUT2D eigenvalue weighted by Crippen LogP contribution is 2.20. The van der Waals surface area contributed by atoms with Crippen LogP contribution in [0.3, 0.4) is 0 Å². The summed E-state index contributed by atoms with van der Waals surface area (Å²) in [6.07, 6.45) is 0. The van der Waals surface area contributed by atoms with E-state index in [0.717, 1.165) is 16.7 Å². The first-order valence-electron chi connectivity index (χ1n) is 6.67. The molecule has 2 rings (SSSR count). The molecule has 0 spiro atoms. The number of hydrogen-bond donors (Lipinski definition) is 1. The molecule has 0 atom stereocenters. The minimum atomic E-state index is -0.415. The summed E-state index contributed by atoms with van der Waals surface area (Å²) < 4.78 is 10.5. The van der Waals surface area contributed by atoms with Crippen molar-refractivity contribution in [2.75, 3.05) is 12.8 Å². The normalized spacial score (nSPS) is 10.2. The molecule has 4 heteroatoms. The number of nitrogens with two attached hydrogens (primary N) is 1. The van der Waals surface area contributed by atoms with Gasteiger partial charge in [-0.3, -0.25) is 0 Å². The molecule has 0 fully saturated rings. The Labute approximate surface area is 124 Å². The van der Waals surface area contributed by atoms with Crippen molar-refractivity contribution < 1.29 is 14.3 Å². The summed E-state index contributed by atoms with van der Waals surface area (Å²) in [6.45, 7) is 4.24. The van der Waals surface area contributed by atoms with Crippen LogP contribution in [0, 0.1) is 13.8 Å². The van der Waals surface area contributed by atoms with Gasteiger partial charge in [-0.25, -0.2) is 4.79 Å². The van der Waals surface area contributed by atoms with Gasteiger partial charge in [-0.1, -0.05) is 23.8 Å². The molecule has 4 nitrogen and oxygen atoms in total. The number of nitrogen functional groups attached to an aromatic ring is 1. The van der Waals surface area contributed by atoms with Gasteiger partial charge in [0, 0.05) is 11.8 Å². The van der Waals surface area contributed by atoms with Crippen LogP contribution in [-0.2, 0) is 11.3 Å². The topological polar surface area (TPSA) is 61.5 Å². The van der Waals surface area contributed by atoms with E-state index in [1.54, 1.807) is 18.2 Å². The average Bonchev–Trinajstić information content (AvgIpc) is 2.47. The van der Waals surface area contributed by atoms with E-state index in [-0.39, 0.29) is 6.61 Å². The molecule has 0 aromatic heterocycles. The highest BCUT2D eigenvalue weighted by molar-refractivity contribution is 5.91. The van der Waals surface area contributed by atoms with Gasteiger partial charge < -0.3 is 15.2 Å². The van der Waals surface area contributed by atoms with Crippen molar-refractivity contribution in [1.82, 2.24) is 0 Å². The largest absolute Gasteiger partial charge is 0.497 e. The van der Waals surface area contributed by atoms with E-state index in [1.807, 2.05) is 32.0 Å². The van der Waals surface area contributed by atoms with Crippen LogP contribution in [0.5, 0.6) is 5.75 Å². The lowest BCUT2D eigenvalue weighted by molar-refractivity contribution is 0.0471. The maximum absolute atomic E-state index is 12.1. The molecule has 110 valence electrons. The minimum Gasteiger partial charge on any atom is -0.497 e. The first-order valence-corrected chi connectivity index (χ1v) is 6.67. The highest BCUT2D eigenvalue weighted by Gasteiger charge is 2.11. The molecule has 21 heavy (non-hydrogen) atoms. The smallest absolute Gasteiger partial charge is 0.338 e. The van der Waals surface area contributed by atoms with Crippen LogP contribution in [0.2, 0.25) is 0 Å². The van der Waals surface area contributed by atoms with Crippen LogP contribution in [0.4, 0.5) is 5.69 Å². The number of esters is 1. The zero-order chi connectivity index (χ0) is 15.4. The Balaban J connectivity index is 2.11. The Morgan fingerprint density at radius 1 is 1.14 bits per heavy atom. The summed E-state index contributed by atoms with van der Waals surface area (Å²) in [5, 5.41) is 0. The molecule has 0 aliphatic rings. The van der Waals surface area contributed by atoms with Crippen molar-refractivity contribution >= 4 is 11.7 Å². The summed E-state index contributed by atoms with van der Waals surface area (Å²) in [4.78, 5) is 12.1. The quantitative estimate of drug-likeness (QED) is 0.692. The number of hydrogen-bond acceptors (Lipinski definition) is 4. The molecule has 0 aliphatic heterocycles. The average molecular weight is 285 g/mol.